The summed E-state index contributed by atoms with van der Waals surface area (Å²) in [6.07, 6.45) is 1.27. The first kappa shape index (κ1) is 14.4. The molecule has 2 unspecified atom stereocenters. The molecule has 2 rings (SSSR count). The topological polar surface area (TPSA) is 12.0 Å². The largest absolute Gasteiger partial charge is 0.384 e. The van der Waals surface area contributed by atoms with Gasteiger partial charge in [0, 0.05) is 18.2 Å². The third-order valence-electron chi connectivity index (χ3n) is 4.67. The predicted molar refractivity (Wildman–Crippen MR) is 85.0 cm³/mol. The van der Waals surface area contributed by atoms with Crippen molar-refractivity contribution in [1.29, 1.82) is 0 Å². The predicted octanol–water partition coefficient (Wildman–Crippen LogP) is 5.18. The van der Waals surface area contributed by atoms with Gasteiger partial charge >= 0.3 is 0 Å². The lowest BCUT2D eigenvalue weighted by atomic mass is 9.77. The van der Waals surface area contributed by atoms with Gasteiger partial charge in [-0.3, -0.25) is 0 Å². The van der Waals surface area contributed by atoms with Crippen molar-refractivity contribution in [2.24, 2.45) is 11.8 Å². The van der Waals surface area contributed by atoms with E-state index in [9.17, 15) is 0 Å². The maximum atomic E-state index is 3.60. The van der Waals surface area contributed by atoms with E-state index < -0.39 is 0 Å². The Morgan fingerprint density at radius 3 is 2.47 bits per heavy atom. The molecule has 19 heavy (non-hydrogen) atoms. The molecule has 2 atom stereocenters. The van der Waals surface area contributed by atoms with Crippen LogP contribution in [0.1, 0.15) is 65.0 Å². The Bertz CT molecular complexity index is 439. The minimum Gasteiger partial charge on any atom is -0.384 e. The first-order chi connectivity index (χ1) is 8.84. The molecule has 0 radical (unpaired) electrons. The molecule has 1 aromatic rings. The highest BCUT2D eigenvalue weighted by Gasteiger charge is 2.31. The average Bonchev–Trinajstić information content (AvgIpc) is 2.72. The zero-order valence-corrected chi connectivity index (χ0v) is 13.4. The Kier molecular flexibility index (Phi) is 3.94. The molecule has 1 N–H and O–H groups in total. The molecular formula is C18H29N. The van der Waals surface area contributed by atoms with Crippen LogP contribution in [-0.2, 0) is 5.41 Å². The van der Waals surface area contributed by atoms with Gasteiger partial charge in [-0.2, -0.15) is 0 Å². The lowest BCUT2D eigenvalue weighted by molar-refractivity contribution is 0.321. The van der Waals surface area contributed by atoms with Gasteiger partial charge in [0.05, 0.1) is 0 Å². The van der Waals surface area contributed by atoms with E-state index in [1.165, 1.54) is 17.7 Å². The third-order valence-corrected chi connectivity index (χ3v) is 4.67. The maximum Gasteiger partial charge on any atom is 0.0376 e. The SMILES string of the molecule is CCC(C(C)C)C1CNc2ccc(C(C)(C)C)cc21. The third kappa shape index (κ3) is 2.80. The summed E-state index contributed by atoms with van der Waals surface area (Å²) in [5, 5.41) is 3.60. The summed E-state index contributed by atoms with van der Waals surface area (Å²) in [6, 6.07) is 7.01. The van der Waals surface area contributed by atoms with E-state index in [1.807, 2.05) is 0 Å². The van der Waals surface area contributed by atoms with Crippen LogP contribution in [0, 0.1) is 11.8 Å². The summed E-state index contributed by atoms with van der Waals surface area (Å²) in [6.45, 7) is 15.1. The van der Waals surface area contributed by atoms with E-state index in [2.05, 4.69) is 65.1 Å². The van der Waals surface area contributed by atoms with Crippen LogP contribution in [0.3, 0.4) is 0 Å². The standard InChI is InChI=1S/C18H29N/c1-7-14(12(2)3)16-11-19-17-9-8-13(10-15(16)17)18(4,5)6/h8-10,12,14,16,19H,7,11H2,1-6H3. The molecule has 0 saturated carbocycles. The lowest BCUT2D eigenvalue weighted by Gasteiger charge is -2.27. The molecule has 106 valence electrons. The zero-order valence-electron chi connectivity index (χ0n) is 13.4. The molecule has 1 aliphatic heterocycles. The van der Waals surface area contributed by atoms with Gasteiger partial charge in [-0.05, 0) is 34.4 Å². The smallest absolute Gasteiger partial charge is 0.0376 e. The number of anilines is 1. The minimum atomic E-state index is 0.238. The highest BCUT2D eigenvalue weighted by molar-refractivity contribution is 5.59. The fourth-order valence-corrected chi connectivity index (χ4v) is 3.43. The number of rotatable bonds is 3. The van der Waals surface area contributed by atoms with Crippen molar-refractivity contribution < 1.29 is 0 Å². The molecule has 0 spiro atoms. The van der Waals surface area contributed by atoms with Crippen molar-refractivity contribution in [2.45, 2.75) is 59.3 Å². The average molecular weight is 259 g/mol. The van der Waals surface area contributed by atoms with Gasteiger partial charge in [-0.1, -0.05) is 60.1 Å². The van der Waals surface area contributed by atoms with Crippen LogP contribution in [0.25, 0.3) is 0 Å². The van der Waals surface area contributed by atoms with Gasteiger partial charge in [0.15, 0.2) is 0 Å². The fourth-order valence-electron chi connectivity index (χ4n) is 3.43. The van der Waals surface area contributed by atoms with Crippen LogP contribution in [-0.4, -0.2) is 6.54 Å². The van der Waals surface area contributed by atoms with Crippen molar-refractivity contribution in [2.75, 3.05) is 11.9 Å². The Hall–Kier alpha value is -0.980. The maximum absolute atomic E-state index is 3.60. The molecule has 1 nitrogen and oxygen atoms in total. The number of fused-ring (bicyclic) bond motifs is 1. The summed E-state index contributed by atoms with van der Waals surface area (Å²) in [7, 11) is 0. The lowest BCUT2D eigenvalue weighted by Crippen LogP contribution is -2.20. The number of nitrogens with one attached hydrogen (secondary N) is 1. The van der Waals surface area contributed by atoms with E-state index in [4.69, 9.17) is 0 Å². The molecule has 1 heteroatoms. The molecule has 0 saturated heterocycles. The van der Waals surface area contributed by atoms with Gasteiger partial charge in [0.1, 0.15) is 0 Å². The van der Waals surface area contributed by atoms with Gasteiger partial charge < -0.3 is 5.32 Å². The molecule has 0 fully saturated rings. The van der Waals surface area contributed by atoms with Gasteiger partial charge in [0.25, 0.3) is 0 Å². The molecule has 1 aliphatic rings. The van der Waals surface area contributed by atoms with E-state index >= 15 is 0 Å². The molecule has 0 aromatic heterocycles. The van der Waals surface area contributed by atoms with Crippen LogP contribution in [0.15, 0.2) is 18.2 Å². The summed E-state index contributed by atoms with van der Waals surface area (Å²) in [4.78, 5) is 0. The van der Waals surface area contributed by atoms with Crippen LogP contribution in [0.5, 0.6) is 0 Å². The van der Waals surface area contributed by atoms with Crippen molar-refractivity contribution in [3.05, 3.63) is 29.3 Å². The quantitative estimate of drug-likeness (QED) is 0.789. The number of hydrogen-bond donors (Lipinski definition) is 1. The summed E-state index contributed by atoms with van der Waals surface area (Å²) >= 11 is 0. The highest BCUT2D eigenvalue weighted by atomic mass is 14.9. The fraction of sp³-hybridized carbons (Fsp3) is 0.667. The summed E-state index contributed by atoms with van der Waals surface area (Å²) in [5.41, 5.74) is 4.60. The van der Waals surface area contributed by atoms with Crippen molar-refractivity contribution in [3.63, 3.8) is 0 Å². The molecular weight excluding hydrogens is 230 g/mol. The second-order valence-electron chi connectivity index (χ2n) is 7.36. The molecule has 0 bridgehead atoms. The highest BCUT2D eigenvalue weighted by Crippen LogP contribution is 2.42. The number of hydrogen-bond acceptors (Lipinski definition) is 1. The van der Waals surface area contributed by atoms with Crippen molar-refractivity contribution in [3.8, 4) is 0 Å². The van der Waals surface area contributed by atoms with Crippen LogP contribution < -0.4 is 5.32 Å². The first-order valence-electron chi connectivity index (χ1n) is 7.73. The van der Waals surface area contributed by atoms with Gasteiger partial charge in [-0.25, -0.2) is 0 Å². The summed E-state index contributed by atoms with van der Waals surface area (Å²) < 4.78 is 0. The Morgan fingerprint density at radius 2 is 1.95 bits per heavy atom. The normalized spacial score (nSPS) is 20.3. The van der Waals surface area contributed by atoms with Gasteiger partial charge in [0.2, 0.25) is 0 Å². The van der Waals surface area contributed by atoms with Crippen LogP contribution in [0.2, 0.25) is 0 Å². The molecule has 0 aliphatic carbocycles. The van der Waals surface area contributed by atoms with E-state index in [-0.39, 0.29) is 5.41 Å². The monoisotopic (exact) mass is 259 g/mol. The first-order valence-corrected chi connectivity index (χ1v) is 7.73. The van der Waals surface area contributed by atoms with Crippen LogP contribution in [0.4, 0.5) is 5.69 Å². The Balaban J connectivity index is 2.37. The number of benzene rings is 1. The second kappa shape index (κ2) is 5.19. The second-order valence-corrected chi connectivity index (χ2v) is 7.36. The van der Waals surface area contributed by atoms with E-state index in [1.54, 1.807) is 5.56 Å². The zero-order chi connectivity index (χ0) is 14.2. The van der Waals surface area contributed by atoms with E-state index in [0.717, 1.165) is 18.4 Å². The summed E-state index contributed by atoms with van der Waals surface area (Å²) in [5.74, 6) is 2.22. The van der Waals surface area contributed by atoms with Crippen LogP contribution >= 0.6 is 0 Å². The Labute approximate surface area is 118 Å². The molecule has 1 aromatic carbocycles. The van der Waals surface area contributed by atoms with Crippen molar-refractivity contribution >= 4 is 5.69 Å². The van der Waals surface area contributed by atoms with E-state index in [0.29, 0.717) is 5.92 Å². The molecule has 1 heterocycles. The van der Waals surface area contributed by atoms with Gasteiger partial charge in [-0.15, -0.1) is 0 Å². The molecule has 0 amide bonds. The van der Waals surface area contributed by atoms with Crippen molar-refractivity contribution in [1.82, 2.24) is 0 Å². The Morgan fingerprint density at radius 1 is 1.26 bits per heavy atom. The minimum absolute atomic E-state index is 0.238.